The molecule has 2 aromatic rings. The predicted molar refractivity (Wildman–Crippen MR) is 79.9 cm³/mol. The molecule has 0 aliphatic carbocycles. The van der Waals surface area contributed by atoms with Crippen molar-refractivity contribution in [3.63, 3.8) is 0 Å². The van der Waals surface area contributed by atoms with Crippen molar-refractivity contribution in [3.05, 3.63) is 70.8 Å². The first-order valence-corrected chi connectivity index (χ1v) is 6.96. The second-order valence-electron chi connectivity index (χ2n) is 5.10. The maximum atomic E-state index is 12.6. The molecule has 0 unspecified atom stereocenters. The molecule has 24 heavy (non-hydrogen) atoms. The van der Waals surface area contributed by atoms with Gasteiger partial charge in [-0.1, -0.05) is 30.3 Å². The Balaban J connectivity index is 1.93. The zero-order valence-electron chi connectivity index (χ0n) is 12.5. The molecule has 126 valence electrons. The molecule has 0 aliphatic heterocycles. The molecule has 0 heterocycles. The summed E-state index contributed by atoms with van der Waals surface area (Å²) in [5, 5.41) is 0. The number of hydrogen-bond donors (Lipinski definition) is 1. The van der Waals surface area contributed by atoms with Crippen molar-refractivity contribution in [2.45, 2.75) is 19.2 Å². The Morgan fingerprint density at radius 2 is 1.67 bits per heavy atom. The van der Waals surface area contributed by atoms with E-state index in [0.717, 1.165) is 12.1 Å². The lowest BCUT2D eigenvalue weighted by molar-refractivity contribution is -0.144. The molecule has 2 aromatic carbocycles. The fraction of sp³-hybridized carbons (Fsp3) is 0.176. The number of hydrogen-bond acceptors (Lipinski definition) is 3. The van der Waals surface area contributed by atoms with Crippen molar-refractivity contribution >= 4 is 11.9 Å². The highest BCUT2D eigenvalue weighted by Crippen LogP contribution is 2.29. The lowest BCUT2D eigenvalue weighted by Gasteiger charge is -2.09. The standard InChI is InChI=1S/C17H14F3NO3/c18-17(19,20)14-3-1-2-12(8-14)9-15(22)24-10-11-4-6-13(7-5-11)16(21)23/h1-8H,9-10H2,(H2,21,23). The largest absolute Gasteiger partial charge is 0.461 e. The molecule has 0 spiro atoms. The van der Waals surface area contributed by atoms with Crippen LogP contribution in [0.5, 0.6) is 0 Å². The van der Waals surface area contributed by atoms with E-state index in [0.29, 0.717) is 11.1 Å². The quantitative estimate of drug-likeness (QED) is 0.853. The highest BCUT2D eigenvalue weighted by atomic mass is 19.4. The summed E-state index contributed by atoms with van der Waals surface area (Å²) in [6, 6.07) is 10.7. The average Bonchev–Trinajstić information content (AvgIpc) is 2.53. The first kappa shape index (κ1) is 17.5. The third-order valence-electron chi connectivity index (χ3n) is 3.24. The van der Waals surface area contributed by atoms with Gasteiger partial charge in [-0.15, -0.1) is 0 Å². The molecule has 7 heteroatoms. The lowest BCUT2D eigenvalue weighted by Crippen LogP contribution is -2.11. The lowest BCUT2D eigenvalue weighted by atomic mass is 10.1. The molecule has 0 aliphatic rings. The number of amides is 1. The minimum atomic E-state index is -4.46. The van der Waals surface area contributed by atoms with Crippen LogP contribution >= 0.6 is 0 Å². The van der Waals surface area contributed by atoms with E-state index in [1.807, 2.05) is 0 Å². The van der Waals surface area contributed by atoms with Crippen LogP contribution in [0.2, 0.25) is 0 Å². The van der Waals surface area contributed by atoms with Crippen LogP contribution in [0, 0.1) is 0 Å². The van der Waals surface area contributed by atoms with E-state index >= 15 is 0 Å². The summed E-state index contributed by atoms with van der Waals surface area (Å²) in [6.45, 7) is -0.0448. The second kappa shape index (κ2) is 7.16. The number of carbonyl (C=O) groups is 2. The highest BCUT2D eigenvalue weighted by Gasteiger charge is 2.30. The van der Waals surface area contributed by atoms with Gasteiger partial charge >= 0.3 is 12.1 Å². The minimum Gasteiger partial charge on any atom is -0.461 e. The average molecular weight is 337 g/mol. The molecule has 0 atom stereocenters. The Hall–Kier alpha value is -2.83. The van der Waals surface area contributed by atoms with E-state index in [2.05, 4.69) is 0 Å². The zero-order valence-corrected chi connectivity index (χ0v) is 12.5. The Morgan fingerprint density at radius 3 is 2.25 bits per heavy atom. The number of rotatable bonds is 5. The third-order valence-corrected chi connectivity index (χ3v) is 3.24. The first-order chi connectivity index (χ1) is 11.3. The summed E-state index contributed by atoms with van der Waals surface area (Å²) in [5.41, 5.74) is 5.49. The van der Waals surface area contributed by atoms with Crippen LogP contribution in [-0.2, 0) is 28.7 Å². The maximum absolute atomic E-state index is 12.6. The van der Waals surface area contributed by atoms with Gasteiger partial charge in [0.15, 0.2) is 0 Å². The van der Waals surface area contributed by atoms with Crippen LogP contribution in [0.4, 0.5) is 13.2 Å². The van der Waals surface area contributed by atoms with Crippen LogP contribution in [0.3, 0.4) is 0 Å². The van der Waals surface area contributed by atoms with Gasteiger partial charge in [0.25, 0.3) is 0 Å². The van der Waals surface area contributed by atoms with Crippen LogP contribution in [0.15, 0.2) is 48.5 Å². The fourth-order valence-corrected chi connectivity index (χ4v) is 2.00. The van der Waals surface area contributed by atoms with Crippen molar-refractivity contribution in [2.75, 3.05) is 0 Å². The van der Waals surface area contributed by atoms with Gasteiger partial charge in [0, 0.05) is 5.56 Å². The van der Waals surface area contributed by atoms with E-state index in [1.54, 1.807) is 12.1 Å². The molecular weight excluding hydrogens is 323 g/mol. The number of nitrogens with two attached hydrogens (primary N) is 1. The Labute approximate surface area is 136 Å². The van der Waals surface area contributed by atoms with Gasteiger partial charge in [0.2, 0.25) is 5.91 Å². The number of halogens is 3. The van der Waals surface area contributed by atoms with Gasteiger partial charge in [-0.2, -0.15) is 13.2 Å². The van der Waals surface area contributed by atoms with E-state index in [9.17, 15) is 22.8 Å². The Morgan fingerprint density at radius 1 is 1.00 bits per heavy atom. The van der Waals surface area contributed by atoms with Crippen molar-refractivity contribution in [2.24, 2.45) is 5.73 Å². The molecule has 0 fully saturated rings. The summed E-state index contributed by atoms with van der Waals surface area (Å²) >= 11 is 0. The Kier molecular flexibility index (Phi) is 5.23. The predicted octanol–water partition coefficient (Wildman–Crippen LogP) is 3.09. The summed E-state index contributed by atoms with van der Waals surface area (Å²) in [4.78, 5) is 22.7. The zero-order chi connectivity index (χ0) is 17.7. The highest BCUT2D eigenvalue weighted by molar-refractivity contribution is 5.92. The van der Waals surface area contributed by atoms with Gasteiger partial charge in [-0.25, -0.2) is 0 Å². The summed E-state index contributed by atoms with van der Waals surface area (Å²) in [7, 11) is 0. The van der Waals surface area contributed by atoms with Crippen molar-refractivity contribution in [1.82, 2.24) is 0 Å². The number of ether oxygens (including phenoxy) is 1. The third kappa shape index (κ3) is 4.84. The molecule has 2 rings (SSSR count). The molecule has 0 radical (unpaired) electrons. The molecule has 0 saturated heterocycles. The molecule has 4 nitrogen and oxygen atoms in total. The monoisotopic (exact) mass is 337 g/mol. The topological polar surface area (TPSA) is 69.4 Å². The molecule has 0 saturated carbocycles. The van der Waals surface area contributed by atoms with Crippen molar-refractivity contribution in [1.29, 1.82) is 0 Å². The summed E-state index contributed by atoms with van der Waals surface area (Å²) < 4.78 is 42.9. The van der Waals surface area contributed by atoms with E-state index in [4.69, 9.17) is 10.5 Å². The molecule has 2 N–H and O–H groups in total. The van der Waals surface area contributed by atoms with Gasteiger partial charge in [-0.3, -0.25) is 9.59 Å². The van der Waals surface area contributed by atoms with Crippen LogP contribution in [0.1, 0.15) is 27.0 Å². The van der Waals surface area contributed by atoms with E-state index in [1.165, 1.54) is 24.3 Å². The van der Waals surface area contributed by atoms with Crippen LogP contribution in [-0.4, -0.2) is 11.9 Å². The number of alkyl halides is 3. The maximum Gasteiger partial charge on any atom is 0.416 e. The molecular formula is C17H14F3NO3. The SMILES string of the molecule is NC(=O)c1ccc(COC(=O)Cc2cccc(C(F)(F)F)c2)cc1. The smallest absolute Gasteiger partial charge is 0.416 e. The van der Waals surface area contributed by atoms with E-state index < -0.39 is 23.6 Å². The van der Waals surface area contributed by atoms with Gasteiger partial charge in [-0.05, 0) is 29.3 Å². The van der Waals surface area contributed by atoms with Crippen molar-refractivity contribution < 1.29 is 27.5 Å². The van der Waals surface area contributed by atoms with Crippen LogP contribution < -0.4 is 5.73 Å². The van der Waals surface area contributed by atoms with E-state index in [-0.39, 0.29) is 18.6 Å². The summed E-state index contributed by atoms with van der Waals surface area (Å²) in [5.74, 6) is -1.21. The first-order valence-electron chi connectivity index (χ1n) is 6.96. The Bertz CT molecular complexity index is 739. The second-order valence-corrected chi connectivity index (χ2v) is 5.10. The molecule has 0 bridgehead atoms. The van der Waals surface area contributed by atoms with Crippen LogP contribution in [0.25, 0.3) is 0 Å². The number of esters is 1. The van der Waals surface area contributed by atoms with Gasteiger partial charge < -0.3 is 10.5 Å². The van der Waals surface area contributed by atoms with Gasteiger partial charge in [0.1, 0.15) is 6.61 Å². The number of carbonyl (C=O) groups excluding carboxylic acids is 2. The number of benzene rings is 2. The number of primary amides is 1. The summed E-state index contributed by atoms with van der Waals surface area (Å²) in [6.07, 6.45) is -4.72. The normalized spacial score (nSPS) is 11.1. The van der Waals surface area contributed by atoms with Crippen molar-refractivity contribution in [3.8, 4) is 0 Å². The molecule has 1 amide bonds. The fourth-order valence-electron chi connectivity index (χ4n) is 2.00. The molecule has 0 aromatic heterocycles. The van der Waals surface area contributed by atoms with Gasteiger partial charge in [0.05, 0.1) is 12.0 Å². The minimum absolute atomic E-state index is 0.0448.